The molecule has 0 unspecified atom stereocenters. The molecule has 0 radical (unpaired) electrons. The third-order valence-electron chi connectivity index (χ3n) is 10.1. The van der Waals surface area contributed by atoms with Crippen LogP contribution in [0, 0.1) is 18.8 Å². The number of nitrogens with zero attached hydrogens (tertiary/aromatic N) is 3. The third-order valence-corrected chi connectivity index (χ3v) is 11.1. The van der Waals surface area contributed by atoms with Gasteiger partial charge in [0.05, 0.1) is 35.3 Å². The second-order valence-corrected chi connectivity index (χ2v) is 14.3. The standard InChI is InChI=1S/C36H39BrClN3O7/c1-20-12-11-15-25(38)29(20)40-17-10-6-9-16-26(43)39(4)22(3)30(23-13-7-5-8-14-23)47-35(46)27-28-33(44)41(21(2)19-42)32(34(40)45)36(28)18-24(37)31(27)48-36/h5-8,10-15,18,21-22,27-28,30-32,42H,9,16-17,19H2,1-4H3/b10-6-/t21-,22-,27+,28-,30+,31+,32+,36-/m1/s1. The normalized spacial score (nSPS) is 32.3. The van der Waals surface area contributed by atoms with Gasteiger partial charge in [-0.15, -0.1) is 0 Å². The topological polar surface area (TPSA) is 117 Å². The van der Waals surface area contributed by atoms with Gasteiger partial charge < -0.3 is 29.3 Å². The summed E-state index contributed by atoms with van der Waals surface area (Å²) in [4.78, 5) is 61.8. The number of carbonyl (C=O) groups excluding carboxylic acids is 4. The van der Waals surface area contributed by atoms with Crippen LogP contribution in [0.5, 0.6) is 0 Å². The lowest BCUT2D eigenvalue weighted by molar-refractivity contribution is -0.164. The molecule has 0 aromatic heterocycles. The number of fused-ring (bicyclic) bond motifs is 2. The van der Waals surface area contributed by atoms with E-state index in [4.69, 9.17) is 21.1 Å². The first kappa shape index (κ1) is 34.4. The number of esters is 1. The Morgan fingerprint density at radius 1 is 1.04 bits per heavy atom. The molecule has 254 valence electrons. The number of allylic oxidation sites excluding steroid dienone is 1. The zero-order valence-electron chi connectivity index (χ0n) is 27.2. The highest BCUT2D eigenvalue weighted by Gasteiger charge is 2.75. The molecule has 1 spiro atoms. The molecule has 8 atom stereocenters. The molecule has 2 saturated heterocycles. The average molecular weight is 741 g/mol. The fourth-order valence-corrected chi connectivity index (χ4v) is 8.63. The molecule has 3 amide bonds. The summed E-state index contributed by atoms with van der Waals surface area (Å²) in [7, 11) is 1.68. The van der Waals surface area contributed by atoms with Gasteiger partial charge in [-0.1, -0.05) is 82.1 Å². The summed E-state index contributed by atoms with van der Waals surface area (Å²) in [6.45, 7) is 5.00. The van der Waals surface area contributed by atoms with Crippen molar-refractivity contribution in [2.75, 3.05) is 25.1 Å². The number of halogens is 2. The lowest BCUT2D eigenvalue weighted by Gasteiger charge is -2.38. The summed E-state index contributed by atoms with van der Waals surface area (Å²) in [6, 6.07) is 11.9. The van der Waals surface area contributed by atoms with E-state index < -0.39 is 72.2 Å². The zero-order valence-corrected chi connectivity index (χ0v) is 29.6. The first-order chi connectivity index (χ1) is 22.9. The van der Waals surface area contributed by atoms with Gasteiger partial charge in [0.2, 0.25) is 11.8 Å². The van der Waals surface area contributed by atoms with E-state index in [1.165, 1.54) is 9.80 Å². The molecule has 10 nitrogen and oxygen atoms in total. The first-order valence-electron chi connectivity index (χ1n) is 16.1. The summed E-state index contributed by atoms with van der Waals surface area (Å²) in [5, 5.41) is 10.7. The molecule has 2 fully saturated rings. The minimum atomic E-state index is -1.53. The van der Waals surface area contributed by atoms with Crippen LogP contribution < -0.4 is 4.90 Å². The number of hydrogen-bond acceptors (Lipinski definition) is 7. The summed E-state index contributed by atoms with van der Waals surface area (Å²) in [5.74, 6) is -3.99. The van der Waals surface area contributed by atoms with Crippen molar-refractivity contribution in [1.82, 2.24) is 9.80 Å². The Labute approximate surface area is 293 Å². The van der Waals surface area contributed by atoms with Gasteiger partial charge in [0.25, 0.3) is 5.91 Å². The van der Waals surface area contributed by atoms with Crippen molar-refractivity contribution >= 4 is 56.9 Å². The Balaban J connectivity index is 1.52. The van der Waals surface area contributed by atoms with Crippen LogP contribution in [0.3, 0.4) is 0 Å². The molecule has 48 heavy (non-hydrogen) atoms. The summed E-state index contributed by atoms with van der Waals surface area (Å²) in [5.41, 5.74) is 0.368. The van der Waals surface area contributed by atoms with Crippen LogP contribution in [0.25, 0.3) is 0 Å². The number of ether oxygens (including phenoxy) is 2. The van der Waals surface area contributed by atoms with Crippen LogP contribution in [0.15, 0.2) is 71.2 Å². The van der Waals surface area contributed by atoms with Crippen molar-refractivity contribution < 1.29 is 33.8 Å². The van der Waals surface area contributed by atoms with Crippen LogP contribution >= 0.6 is 27.5 Å². The number of benzene rings is 2. The first-order valence-corrected chi connectivity index (χ1v) is 17.3. The van der Waals surface area contributed by atoms with E-state index in [9.17, 15) is 19.5 Å². The second-order valence-electron chi connectivity index (χ2n) is 13.0. The molecule has 0 saturated carbocycles. The molecule has 1 N–H and O–H groups in total. The number of likely N-dealkylation sites (tertiary alicyclic amines) is 1. The van der Waals surface area contributed by atoms with E-state index in [2.05, 4.69) is 15.9 Å². The molecule has 5 bridgehead atoms. The number of para-hydroxylation sites is 1. The zero-order chi connectivity index (χ0) is 34.5. The molecule has 4 heterocycles. The molecule has 4 aliphatic heterocycles. The Morgan fingerprint density at radius 2 is 1.77 bits per heavy atom. The molecule has 0 aliphatic carbocycles. The van der Waals surface area contributed by atoms with Crippen molar-refractivity contribution in [3.63, 3.8) is 0 Å². The maximum Gasteiger partial charge on any atom is 0.313 e. The van der Waals surface area contributed by atoms with Crippen molar-refractivity contribution in [3.05, 3.63) is 87.4 Å². The fourth-order valence-electron chi connectivity index (χ4n) is 7.57. The maximum absolute atomic E-state index is 15.0. The molecule has 2 aromatic carbocycles. The van der Waals surface area contributed by atoms with Crippen LogP contribution in [0.1, 0.15) is 43.9 Å². The maximum atomic E-state index is 15.0. The predicted molar refractivity (Wildman–Crippen MR) is 183 cm³/mol. The van der Waals surface area contributed by atoms with E-state index in [0.717, 1.165) is 5.56 Å². The average Bonchev–Trinajstić information content (AvgIpc) is 3.67. The van der Waals surface area contributed by atoms with Gasteiger partial charge >= 0.3 is 5.97 Å². The number of likely N-dealkylation sites (N-methyl/N-ethyl adjacent to an activating group) is 1. The second kappa shape index (κ2) is 13.4. The Morgan fingerprint density at radius 3 is 2.46 bits per heavy atom. The number of anilines is 1. The summed E-state index contributed by atoms with van der Waals surface area (Å²) < 4.78 is 13.4. The number of amides is 3. The van der Waals surface area contributed by atoms with E-state index in [1.807, 2.05) is 62.4 Å². The molecule has 2 aromatic rings. The van der Waals surface area contributed by atoms with Gasteiger partial charge in [0.1, 0.15) is 29.8 Å². The smallest absolute Gasteiger partial charge is 0.313 e. The summed E-state index contributed by atoms with van der Waals surface area (Å²) >= 11 is 10.3. The highest BCUT2D eigenvalue weighted by Crippen LogP contribution is 2.59. The Bertz CT molecular complexity index is 1660. The van der Waals surface area contributed by atoms with Gasteiger partial charge in [-0.05, 0) is 50.5 Å². The highest BCUT2D eigenvalue weighted by atomic mass is 79.9. The van der Waals surface area contributed by atoms with E-state index in [0.29, 0.717) is 27.2 Å². The van der Waals surface area contributed by atoms with E-state index in [-0.39, 0.29) is 18.9 Å². The number of aliphatic hydroxyl groups is 1. The molecule has 4 aliphatic rings. The van der Waals surface area contributed by atoms with Gasteiger partial charge in [0.15, 0.2) is 0 Å². The number of aryl methyl sites for hydroxylation is 1. The predicted octanol–water partition coefficient (Wildman–Crippen LogP) is 4.72. The van der Waals surface area contributed by atoms with Crippen LogP contribution in [0.4, 0.5) is 5.69 Å². The van der Waals surface area contributed by atoms with Gasteiger partial charge in [-0.2, -0.15) is 0 Å². The Kier molecular flexibility index (Phi) is 9.61. The minimum absolute atomic E-state index is 0.0898. The third kappa shape index (κ3) is 5.58. The number of cyclic esters (lactones) is 1. The number of rotatable bonds is 4. The van der Waals surface area contributed by atoms with Crippen LogP contribution in [0.2, 0.25) is 5.02 Å². The number of hydrogen-bond donors (Lipinski definition) is 1. The number of aliphatic hydroxyl groups excluding tert-OH is 1. The van der Waals surface area contributed by atoms with Gasteiger partial charge in [-0.3, -0.25) is 19.2 Å². The van der Waals surface area contributed by atoms with E-state index in [1.54, 1.807) is 37.1 Å². The SMILES string of the molecule is Cc1cccc(Cl)c1N1C/C=C\CCC(=O)N(C)[C@H](C)[C@@H](c2ccccc2)OC(=O)[C@@H]2[C@H]3O[C@@]4(C=C3Br)[C@H](C1=O)N([C@H](C)CO)C(=O)[C@@H]24. The molecular weight excluding hydrogens is 702 g/mol. The highest BCUT2D eigenvalue weighted by molar-refractivity contribution is 9.11. The van der Waals surface area contributed by atoms with Crippen molar-refractivity contribution in [2.24, 2.45) is 11.8 Å². The van der Waals surface area contributed by atoms with Crippen molar-refractivity contribution in [3.8, 4) is 0 Å². The van der Waals surface area contributed by atoms with E-state index >= 15 is 4.79 Å². The fraction of sp³-hybridized carbons (Fsp3) is 0.444. The largest absolute Gasteiger partial charge is 0.455 e. The quantitative estimate of drug-likeness (QED) is 0.357. The summed E-state index contributed by atoms with van der Waals surface area (Å²) in [6.07, 6.45) is 4.24. The number of carbonyl (C=O) groups is 4. The monoisotopic (exact) mass is 739 g/mol. The van der Waals surface area contributed by atoms with Crippen LogP contribution in [-0.2, 0) is 28.7 Å². The lowest BCUT2D eigenvalue weighted by Crippen LogP contribution is -2.58. The van der Waals surface area contributed by atoms with Crippen molar-refractivity contribution in [1.29, 1.82) is 0 Å². The minimum Gasteiger partial charge on any atom is -0.455 e. The van der Waals surface area contributed by atoms with Crippen LogP contribution in [-0.4, -0.2) is 88.6 Å². The molecule has 6 rings (SSSR count). The van der Waals surface area contributed by atoms with Crippen molar-refractivity contribution in [2.45, 2.75) is 69.5 Å². The Hall–Kier alpha value is -3.51. The van der Waals surface area contributed by atoms with Gasteiger partial charge in [-0.25, -0.2) is 0 Å². The molecule has 12 heteroatoms. The van der Waals surface area contributed by atoms with Gasteiger partial charge in [0, 0.05) is 24.5 Å². The lowest BCUT2D eigenvalue weighted by atomic mass is 9.74. The molecular formula is C36H39BrClN3O7.